The van der Waals surface area contributed by atoms with Crippen molar-refractivity contribution in [3.05, 3.63) is 42.0 Å². The quantitative estimate of drug-likeness (QED) is 0.798. The zero-order valence-electron chi connectivity index (χ0n) is 11.6. The van der Waals surface area contributed by atoms with Crippen LogP contribution in [0.5, 0.6) is 5.75 Å². The molecular weight excluding hydrogens is 269 g/mol. The average molecular weight is 283 g/mol. The third-order valence-corrected chi connectivity index (χ3v) is 3.94. The molecule has 4 nitrogen and oxygen atoms in total. The highest BCUT2D eigenvalue weighted by Crippen LogP contribution is 2.46. The van der Waals surface area contributed by atoms with Crippen LogP contribution < -0.4 is 4.74 Å². The van der Waals surface area contributed by atoms with Crippen molar-refractivity contribution in [1.29, 1.82) is 0 Å². The Kier molecular flexibility index (Phi) is 2.67. The van der Waals surface area contributed by atoms with Crippen molar-refractivity contribution in [2.24, 2.45) is 0 Å². The van der Waals surface area contributed by atoms with Crippen molar-refractivity contribution in [2.75, 3.05) is 7.11 Å². The zero-order chi connectivity index (χ0) is 14.4. The van der Waals surface area contributed by atoms with Gasteiger partial charge in [-0.25, -0.2) is 4.39 Å². The molecular formula is C16H14FN3O. The Morgan fingerprint density at radius 1 is 1.24 bits per heavy atom. The van der Waals surface area contributed by atoms with E-state index in [1.807, 2.05) is 6.07 Å². The molecule has 2 heterocycles. The number of rotatable bonds is 3. The van der Waals surface area contributed by atoms with Crippen LogP contribution in [0.25, 0.3) is 22.2 Å². The molecule has 106 valence electrons. The number of aromatic nitrogens is 3. The standard InChI is InChI=1S/C16H14FN3O/c1-21-16-5-11(9-2-3-9)12(4-13(16)17)15-6-14-10(7-18-15)8-19-20-14/h4-9H,2-3H2,1H3,(H,19,20). The van der Waals surface area contributed by atoms with Crippen molar-refractivity contribution in [2.45, 2.75) is 18.8 Å². The van der Waals surface area contributed by atoms with Crippen LogP contribution in [0.3, 0.4) is 0 Å². The van der Waals surface area contributed by atoms with Gasteiger partial charge in [-0.2, -0.15) is 5.10 Å². The van der Waals surface area contributed by atoms with E-state index in [0.717, 1.165) is 40.6 Å². The van der Waals surface area contributed by atoms with E-state index in [-0.39, 0.29) is 5.82 Å². The van der Waals surface area contributed by atoms with E-state index in [9.17, 15) is 4.39 Å². The Morgan fingerprint density at radius 3 is 2.86 bits per heavy atom. The summed E-state index contributed by atoms with van der Waals surface area (Å²) in [5, 5.41) is 7.86. The Bertz CT molecular complexity index is 824. The molecule has 0 bridgehead atoms. The normalized spacial score (nSPS) is 14.6. The van der Waals surface area contributed by atoms with Gasteiger partial charge >= 0.3 is 0 Å². The number of halogens is 1. The summed E-state index contributed by atoms with van der Waals surface area (Å²) in [4.78, 5) is 4.45. The smallest absolute Gasteiger partial charge is 0.165 e. The van der Waals surface area contributed by atoms with Gasteiger partial charge < -0.3 is 4.74 Å². The molecule has 0 spiro atoms. The average Bonchev–Trinajstić information content (AvgIpc) is 3.24. The second-order valence-electron chi connectivity index (χ2n) is 5.38. The number of hydrogen-bond donors (Lipinski definition) is 1. The number of aromatic amines is 1. The number of methoxy groups -OCH3 is 1. The second kappa shape index (κ2) is 4.55. The first-order chi connectivity index (χ1) is 10.3. The van der Waals surface area contributed by atoms with Crippen molar-refractivity contribution < 1.29 is 9.13 Å². The van der Waals surface area contributed by atoms with Crippen LogP contribution >= 0.6 is 0 Å². The van der Waals surface area contributed by atoms with Gasteiger partial charge in [0.05, 0.1) is 24.5 Å². The van der Waals surface area contributed by atoms with Gasteiger partial charge in [-0.3, -0.25) is 10.1 Å². The number of pyridine rings is 1. The maximum absolute atomic E-state index is 14.1. The van der Waals surface area contributed by atoms with Crippen LogP contribution in [-0.4, -0.2) is 22.3 Å². The Balaban J connectivity index is 1.91. The fourth-order valence-electron chi connectivity index (χ4n) is 2.66. The highest BCUT2D eigenvalue weighted by atomic mass is 19.1. The van der Waals surface area contributed by atoms with E-state index < -0.39 is 0 Å². The van der Waals surface area contributed by atoms with Crippen LogP contribution in [0, 0.1) is 5.82 Å². The summed E-state index contributed by atoms with van der Waals surface area (Å²) < 4.78 is 19.2. The summed E-state index contributed by atoms with van der Waals surface area (Å²) in [6.07, 6.45) is 5.75. The lowest BCUT2D eigenvalue weighted by molar-refractivity contribution is 0.386. The summed E-state index contributed by atoms with van der Waals surface area (Å²) in [5.74, 6) is 0.417. The molecule has 4 rings (SSSR count). The van der Waals surface area contributed by atoms with Crippen LogP contribution in [0.15, 0.2) is 30.6 Å². The Hall–Kier alpha value is -2.43. The molecule has 0 aliphatic heterocycles. The SMILES string of the molecule is COc1cc(C2CC2)c(-c2cc3[nH]ncc3cn2)cc1F. The van der Waals surface area contributed by atoms with E-state index in [1.54, 1.807) is 18.5 Å². The maximum atomic E-state index is 14.1. The zero-order valence-corrected chi connectivity index (χ0v) is 11.6. The first kappa shape index (κ1) is 12.3. The predicted octanol–water partition coefficient (Wildman–Crippen LogP) is 3.65. The fourth-order valence-corrected chi connectivity index (χ4v) is 2.66. The topological polar surface area (TPSA) is 50.8 Å². The van der Waals surface area contributed by atoms with E-state index >= 15 is 0 Å². The van der Waals surface area contributed by atoms with E-state index in [4.69, 9.17) is 4.74 Å². The molecule has 0 atom stereocenters. The van der Waals surface area contributed by atoms with Gasteiger partial charge in [0.2, 0.25) is 0 Å². The number of hydrogen-bond acceptors (Lipinski definition) is 3. The minimum atomic E-state index is -0.358. The fraction of sp³-hybridized carbons (Fsp3) is 0.250. The lowest BCUT2D eigenvalue weighted by Crippen LogP contribution is -1.96. The highest BCUT2D eigenvalue weighted by molar-refractivity contribution is 5.82. The summed E-state index contributed by atoms with van der Waals surface area (Å²) in [6, 6.07) is 5.24. The molecule has 0 unspecified atom stereocenters. The molecule has 0 saturated heterocycles. The van der Waals surface area contributed by atoms with E-state index in [0.29, 0.717) is 11.7 Å². The van der Waals surface area contributed by atoms with Gasteiger partial charge in [0.25, 0.3) is 0 Å². The van der Waals surface area contributed by atoms with E-state index in [2.05, 4.69) is 15.2 Å². The number of H-pyrrole nitrogens is 1. The minimum Gasteiger partial charge on any atom is -0.494 e. The first-order valence-corrected chi connectivity index (χ1v) is 6.93. The molecule has 1 aromatic carbocycles. The van der Waals surface area contributed by atoms with Gasteiger partial charge in [0.15, 0.2) is 11.6 Å². The minimum absolute atomic E-state index is 0.295. The second-order valence-corrected chi connectivity index (χ2v) is 5.38. The molecule has 2 aromatic heterocycles. The molecule has 1 aliphatic rings. The summed E-state index contributed by atoms with van der Waals surface area (Å²) in [5.41, 5.74) is 3.61. The van der Waals surface area contributed by atoms with Gasteiger partial charge in [0, 0.05) is 17.1 Å². The summed E-state index contributed by atoms with van der Waals surface area (Å²) in [6.45, 7) is 0. The van der Waals surface area contributed by atoms with Crippen molar-refractivity contribution in [3.8, 4) is 17.0 Å². The largest absolute Gasteiger partial charge is 0.494 e. The lowest BCUT2D eigenvalue weighted by Gasteiger charge is -2.11. The van der Waals surface area contributed by atoms with Crippen molar-refractivity contribution >= 4 is 10.9 Å². The summed E-state index contributed by atoms with van der Waals surface area (Å²) >= 11 is 0. The molecule has 1 saturated carbocycles. The predicted molar refractivity (Wildman–Crippen MR) is 77.8 cm³/mol. The van der Waals surface area contributed by atoms with Gasteiger partial charge in [-0.15, -0.1) is 0 Å². The first-order valence-electron chi connectivity index (χ1n) is 6.93. The molecule has 1 fully saturated rings. The third kappa shape index (κ3) is 2.05. The van der Waals surface area contributed by atoms with Crippen molar-refractivity contribution in [1.82, 2.24) is 15.2 Å². The molecule has 1 N–H and O–H groups in total. The molecule has 3 aromatic rings. The highest BCUT2D eigenvalue weighted by Gasteiger charge is 2.28. The van der Waals surface area contributed by atoms with Crippen LogP contribution in [0.4, 0.5) is 4.39 Å². The van der Waals surface area contributed by atoms with Gasteiger partial charge in [-0.1, -0.05) is 0 Å². The molecule has 0 radical (unpaired) electrons. The number of benzene rings is 1. The van der Waals surface area contributed by atoms with Crippen LogP contribution in [0.2, 0.25) is 0 Å². The van der Waals surface area contributed by atoms with Crippen molar-refractivity contribution in [3.63, 3.8) is 0 Å². The lowest BCUT2D eigenvalue weighted by atomic mass is 9.99. The number of ether oxygens (including phenoxy) is 1. The van der Waals surface area contributed by atoms with Crippen LogP contribution in [-0.2, 0) is 0 Å². The Morgan fingerprint density at radius 2 is 2.10 bits per heavy atom. The number of nitrogens with one attached hydrogen (secondary N) is 1. The monoisotopic (exact) mass is 283 g/mol. The van der Waals surface area contributed by atoms with Crippen LogP contribution in [0.1, 0.15) is 24.3 Å². The third-order valence-electron chi connectivity index (χ3n) is 3.94. The number of nitrogens with zero attached hydrogens (tertiary/aromatic N) is 2. The van der Waals surface area contributed by atoms with Gasteiger partial charge in [0.1, 0.15) is 0 Å². The maximum Gasteiger partial charge on any atom is 0.165 e. The molecule has 21 heavy (non-hydrogen) atoms. The molecule has 1 aliphatic carbocycles. The molecule has 5 heteroatoms. The summed E-state index contributed by atoms with van der Waals surface area (Å²) in [7, 11) is 1.49. The number of fused-ring (bicyclic) bond motifs is 1. The molecule has 0 amide bonds. The van der Waals surface area contributed by atoms with E-state index in [1.165, 1.54) is 13.2 Å². The Labute approximate surface area is 121 Å². The van der Waals surface area contributed by atoms with Gasteiger partial charge in [-0.05, 0) is 42.5 Å².